The molecule has 0 aliphatic carbocycles. The molecule has 1 N–H and O–H groups in total. The van der Waals surface area contributed by atoms with Gasteiger partial charge in [0.05, 0.1) is 17.4 Å². The lowest BCUT2D eigenvalue weighted by atomic mass is 10.2. The number of carbonyl (C=O) groups excluding carboxylic acids is 1. The van der Waals surface area contributed by atoms with Crippen molar-refractivity contribution in [1.82, 2.24) is 14.8 Å². The van der Waals surface area contributed by atoms with Crippen LogP contribution >= 0.6 is 0 Å². The van der Waals surface area contributed by atoms with Crippen molar-refractivity contribution in [2.75, 3.05) is 56.0 Å². The van der Waals surface area contributed by atoms with Crippen LogP contribution in [0.15, 0.2) is 42.7 Å². The Morgan fingerprint density at radius 1 is 0.964 bits per heavy atom. The van der Waals surface area contributed by atoms with Crippen LogP contribution in [0.1, 0.15) is 30.1 Å². The number of benzene rings is 1. The fourth-order valence-corrected chi connectivity index (χ4v) is 3.97. The van der Waals surface area contributed by atoms with Crippen LogP contribution in [0.2, 0.25) is 0 Å². The van der Waals surface area contributed by atoms with Crippen LogP contribution in [0, 0.1) is 0 Å². The Balaban J connectivity index is 1.40. The predicted octanol–water partition coefficient (Wildman–Crippen LogP) is 3.20. The van der Waals surface area contributed by atoms with Gasteiger partial charge < -0.3 is 20.0 Å². The molecule has 0 saturated carbocycles. The van der Waals surface area contributed by atoms with Gasteiger partial charge in [-0.3, -0.25) is 9.78 Å². The molecule has 2 saturated heterocycles. The van der Waals surface area contributed by atoms with E-state index >= 15 is 0 Å². The normalized spacial score (nSPS) is 17.8. The zero-order chi connectivity index (χ0) is 19.3. The second-order valence-electron chi connectivity index (χ2n) is 7.55. The lowest BCUT2D eigenvalue weighted by molar-refractivity contribution is 0.0643. The zero-order valence-electron chi connectivity index (χ0n) is 16.6. The lowest BCUT2D eigenvalue weighted by Gasteiger charge is -2.34. The third-order valence-electron chi connectivity index (χ3n) is 5.72. The molecule has 4 rings (SSSR count). The summed E-state index contributed by atoms with van der Waals surface area (Å²) in [6, 6.07) is 10.4. The number of pyridine rings is 1. The minimum Gasteiger partial charge on any atom is -0.372 e. The van der Waals surface area contributed by atoms with Gasteiger partial charge in [-0.05, 0) is 49.7 Å². The molecule has 6 nitrogen and oxygen atoms in total. The molecule has 1 aromatic carbocycles. The molecule has 0 radical (unpaired) electrons. The largest absolute Gasteiger partial charge is 0.372 e. The number of hydrogen-bond acceptors (Lipinski definition) is 5. The molecule has 148 valence electrons. The maximum Gasteiger partial charge on any atom is 0.255 e. The average Bonchev–Trinajstić information content (AvgIpc) is 3.29. The van der Waals surface area contributed by atoms with Crippen molar-refractivity contribution >= 4 is 23.0 Å². The van der Waals surface area contributed by atoms with Crippen LogP contribution in [0.4, 0.5) is 17.1 Å². The maximum atomic E-state index is 12.8. The first-order chi connectivity index (χ1) is 13.7. The van der Waals surface area contributed by atoms with Gasteiger partial charge in [0.2, 0.25) is 0 Å². The molecular weight excluding hydrogens is 350 g/mol. The number of nitrogens with one attached hydrogen (secondary N) is 1. The summed E-state index contributed by atoms with van der Waals surface area (Å²) in [5.41, 5.74) is 3.76. The lowest BCUT2D eigenvalue weighted by Crippen LogP contribution is -2.48. The van der Waals surface area contributed by atoms with Gasteiger partial charge >= 0.3 is 0 Å². The molecular formula is C22H29N5O. The minimum absolute atomic E-state index is 0.0660. The molecule has 3 heterocycles. The molecule has 6 heteroatoms. The number of hydrogen-bond donors (Lipinski definition) is 1. The summed E-state index contributed by atoms with van der Waals surface area (Å²) in [7, 11) is 0. The number of anilines is 3. The van der Waals surface area contributed by atoms with Gasteiger partial charge in [0.1, 0.15) is 0 Å². The number of carbonyl (C=O) groups is 1. The van der Waals surface area contributed by atoms with Crippen molar-refractivity contribution in [3.63, 3.8) is 0 Å². The standard InChI is InChI=1S/C22H29N5O/c1-2-25-11-13-27(14-12-25)22(28)18-15-20(17-23-16-18)24-19-5-7-21(8-6-19)26-9-3-4-10-26/h5-8,15-17,24H,2-4,9-14H2,1H3. The van der Waals surface area contributed by atoms with Crippen molar-refractivity contribution in [3.05, 3.63) is 48.3 Å². The molecule has 2 aliphatic heterocycles. The molecule has 2 fully saturated rings. The average molecular weight is 380 g/mol. The van der Waals surface area contributed by atoms with E-state index in [0.717, 1.165) is 57.2 Å². The highest BCUT2D eigenvalue weighted by Crippen LogP contribution is 2.24. The summed E-state index contributed by atoms with van der Waals surface area (Å²) >= 11 is 0. The Labute approximate surface area is 167 Å². The van der Waals surface area contributed by atoms with Gasteiger partial charge in [0.15, 0.2) is 0 Å². The summed E-state index contributed by atoms with van der Waals surface area (Å²) in [6.45, 7) is 8.94. The van der Waals surface area contributed by atoms with Crippen LogP contribution in [0.25, 0.3) is 0 Å². The summed E-state index contributed by atoms with van der Waals surface area (Å²) in [6.07, 6.45) is 5.98. The maximum absolute atomic E-state index is 12.8. The van der Waals surface area contributed by atoms with E-state index in [-0.39, 0.29) is 5.91 Å². The third kappa shape index (κ3) is 4.28. The molecule has 1 amide bonds. The third-order valence-corrected chi connectivity index (χ3v) is 5.72. The first kappa shape index (κ1) is 18.7. The van der Waals surface area contributed by atoms with Crippen molar-refractivity contribution in [3.8, 4) is 0 Å². The van der Waals surface area contributed by atoms with E-state index in [1.54, 1.807) is 12.4 Å². The Morgan fingerprint density at radius 2 is 1.68 bits per heavy atom. The zero-order valence-corrected chi connectivity index (χ0v) is 16.6. The fraction of sp³-hybridized carbons (Fsp3) is 0.455. The van der Waals surface area contributed by atoms with Crippen molar-refractivity contribution in [1.29, 1.82) is 0 Å². The second-order valence-corrected chi connectivity index (χ2v) is 7.55. The van der Waals surface area contributed by atoms with Crippen LogP contribution in [0.5, 0.6) is 0 Å². The summed E-state index contributed by atoms with van der Waals surface area (Å²) in [5.74, 6) is 0.0660. The van der Waals surface area contributed by atoms with E-state index < -0.39 is 0 Å². The van der Waals surface area contributed by atoms with E-state index in [0.29, 0.717) is 5.56 Å². The predicted molar refractivity (Wildman–Crippen MR) is 113 cm³/mol. The molecule has 28 heavy (non-hydrogen) atoms. The first-order valence-corrected chi connectivity index (χ1v) is 10.3. The van der Waals surface area contributed by atoms with E-state index in [9.17, 15) is 4.79 Å². The van der Waals surface area contributed by atoms with Crippen LogP contribution in [-0.4, -0.2) is 66.5 Å². The van der Waals surface area contributed by atoms with Gasteiger partial charge in [0, 0.05) is 56.8 Å². The number of likely N-dealkylation sites (N-methyl/N-ethyl adjacent to an activating group) is 1. The van der Waals surface area contributed by atoms with Crippen LogP contribution in [0.3, 0.4) is 0 Å². The summed E-state index contributed by atoms with van der Waals surface area (Å²) in [5, 5.41) is 3.38. The molecule has 0 atom stereocenters. The minimum atomic E-state index is 0.0660. The Morgan fingerprint density at radius 3 is 2.36 bits per heavy atom. The molecule has 2 aliphatic rings. The first-order valence-electron chi connectivity index (χ1n) is 10.3. The fourth-order valence-electron chi connectivity index (χ4n) is 3.97. The Kier molecular flexibility index (Phi) is 5.76. The number of nitrogens with zero attached hydrogens (tertiary/aromatic N) is 4. The van der Waals surface area contributed by atoms with Crippen LogP contribution < -0.4 is 10.2 Å². The molecule has 0 bridgehead atoms. The van der Waals surface area contributed by atoms with Crippen molar-refractivity contribution in [2.24, 2.45) is 0 Å². The van der Waals surface area contributed by atoms with Gasteiger partial charge in [-0.25, -0.2) is 0 Å². The van der Waals surface area contributed by atoms with E-state index in [4.69, 9.17) is 0 Å². The van der Waals surface area contributed by atoms with Crippen molar-refractivity contribution in [2.45, 2.75) is 19.8 Å². The van der Waals surface area contributed by atoms with Gasteiger partial charge in [-0.15, -0.1) is 0 Å². The topological polar surface area (TPSA) is 51.7 Å². The Hall–Kier alpha value is -2.60. The number of rotatable bonds is 5. The monoisotopic (exact) mass is 379 g/mol. The summed E-state index contributed by atoms with van der Waals surface area (Å²) < 4.78 is 0. The summed E-state index contributed by atoms with van der Waals surface area (Å²) in [4.78, 5) is 23.8. The van der Waals surface area contributed by atoms with E-state index in [1.165, 1.54) is 18.5 Å². The highest BCUT2D eigenvalue weighted by atomic mass is 16.2. The van der Waals surface area contributed by atoms with E-state index in [1.807, 2.05) is 11.0 Å². The second kappa shape index (κ2) is 8.61. The number of piperazine rings is 1. The molecule has 0 unspecified atom stereocenters. The van der Waals surface area contributed by atoms with Gasteiger partial charge in [-0.1, -0.05) is 6.92 Å². The molecule has 1 aromatic heterocycles. The van der Waals surface area contributed by atoms with Crippen LogP contribution in [-0.2, 0) is 0 Å². The highest BCUT2D eigenvalue weighted by Gasteiger charge is 2.21. The smallest absolute Gasteiger partial charge is 0.255 e. The quantitative estimate of drug-likeness (QED) is 0.865. The molecule has 0 spiro atoms. The SMILES string of the molecule is CCN1CCN(C(=O)c2cncc(Nc3ccc(N4CCCC4)cc3)c2)CC1. The Bertz CT molecular complexity index is 793. The van der Waals surface area contributed by atoms with Gasteiger partial charge in [-0.2, -0.15) is 0 Å². The van der Waals surface area contributed by atoms with Crippen molar-refractivity contribution < 1.29 is 4.79 Å². The van der Waals surface area contributed by atoms with Gasteiger partial charge in [0.25, 0.3) is 5.91 Å². The number of amides is 1. The number of aromatic nitrogens is 1. The van der Waals surface area contributed by atoms with E-state index in [2.05, 4.69) is 51.3 Å². The highest BCUT2D eigenvalue weighted by molar-refractivity contribution is 5.95. The molecule has 2 aromatic rings.